The Balaban J connectivity index is 2.22. The molecule has 1 unspecified atom stereocenters. The van der Waals surface area contributed by atoms with Gasteiger partial charge in [0, 0.05) is 19.4 Å². The zero-order chi connectivity index (χ0) is 14.5. The molecule has 0 spiro atoms. The summed E-state index contributed by atoms with van der Waals surface area (Å²) >= 11 is 5.91. The molecule has 0 saturated heterocycles. The van der Waals surface area contributed by atoms with Gasteiger partial charge >= 0.3 is 0 Å². The molecule has 0 aliphatic rings. The van der Waals surface area contributed by atoms with Crippen LogP contribution in [0.1, 0.15) is 44.1 Å². The first-order chi connectivity index (χ1) is 9.63. The van der Waals surface area contributed by atoms with Crippen molar-refractivity contribution in [2.45, 2.75) is 39.2 Å². The van der Waals surface area contributed by atoms with E-state index in [0.29, 0.717) is 5.02 Å². The Morgan fingerprint density at radius 1 is 1.35 bits per heavy atom. The minimum absolute atomic E-state index is 0.187. The van der Waals surface area contributed by atoms with Gasteiger partial charge in [0.15, 0.2) is 0 Å². The highest BCUT2D eigenvalue weighted by atomic mass is 35.5. The van der Waals surface area contributed by atoms with Crippen LogP contribution in [-0.4, -0.2) is 14.8 Å². The van der Waals surface area contributed by atoms with Gasteiger partial charge in [-0.05, 0) is 25.0 Å². The number of nitrogens with one attached hydrogen (secondary N) is 1. The molecule has 0 radical (unpaired) electrons. The first kappa shape index (κ1) is 14.9. The lowest BCUT2D eigenvalue weighted by molar-refractivity contribution is 0.659. The summed E-state index contributed by atoms with van der Waals surface area (Å²) in [6, 6.07) is 4.06. The van der Waals surface area contributed by atoms with Crippen molar-refractivity contribution in [3.05, 3.63) is 40.9 Å². The summed E-state index contributed by atoms with van der Waals surface area (Å²) in [6.45, 7) is 4.29. The summed E-state index contributed by atoms with van der Waals surface area (Å²) in [5.74, 6) is 0. The van der Waals surface area contributed by atoms with Crippen molar-refractivity contribution in [2.75, 3.05) is 5.32 Å². The maximum atomic E-state index is 5.91. The van der Waals surface area contributed by atoms with E-state index in [4.69, 9.17) is 11.6 Å². The molecule has 108 valence electrons. The zero-order valence-electron chi connectivity index (χ0n) is 12.2. The van der Waals surface area contributed by atoms with Gasteiger partial charge in [-0.2, -0.15) is 5.10 Å². The zero-order valence-corrected chi connectivity index (χ0v) is 13.0. The molecule has 0 saturated carbocycles. The summed E-state index contributed by atoms with van der Waals surface area (Å²) in [4.78, 5) is 4.43. The fraction of sp³-hybridized carbons (Fsp3) is 0.467. The minimum atomic E-state index is 0.187. The van der Waals surface area contributed by atoms with Gasteiger partial charge in [0.25, 0.3) is 0 Å². The molecule has 0 aliphatic carbocycles. The molecular formula is C15H21ClN4. The van der Waals surface area contributed by atoms with Crippen LogP contribution in [0.5, 0.6) is 0 Å². The molecule has 0 amide bonds. The molecule has 1 atom stereocenters. The standard InChI is InChI=1S/C15H21ClN4/c1-4-6-14(13-8-7-11(16)9-17-13)18-15-10-20(3)19-12(15)5-2/h7-10,14,18H,4-6H2,1-3H3. The monoisotopic (exact) mass is 292 g/mol. The highest BCUT2D eigenvalue weighted by Gasteiger charge is 2.15. The smallest absolute Gasteiger partial charge is 0.0853 e. The van der Waals surface area contributed by atoms with E-state index in [1.807, 2.05) is 30.1 Å². The summed E-state index contributed by atoms with van der Waals surface area (Å²) < 4.78 is 1.85. The van der Waals surface area contributed by atoms with E-state index >= 15 is 0 Å². The average molecular weight is 293 g/mol. The van der Waals surface area contributed by atoms with Crippen molar-refractivity contribution in [2.24, 2.45) is 7.05 Å². The normalized spacial score (nSPS) is 12.4. The summed E-state index contributed by atoms with van der Waals surface area (Å²) in [6.07, 6.45) is 6.75. The van der Waals surface area contributed by atoms with E-state index in [1.54, 1.807) is 6.20 Å². The van der Waals surface area contributed by atoms with Crippen molar-refractivity contribution in [3.63, 3.8) is 0 Å². The fourth-order valence-electron chi connectivity index (χ4n) is 2.28. The summed E-state index contributed by atoms with van der Waals surface area (Å²) in [5, 5.41) is 8.70. The van der Waals surface area contributed by atoms with E-state index < -0.39 is 0 Å². The molecule has 2 aromatic heterocycles. The largest absolute Gasteiger partial charge is 0.374 e. The highest BCUT2D eigenvalue weighted by Crippen LogP contribution is 2.25. The lowest BCUT2D eigenvalue weighted by Crippen LogP contribution is -2.12. The molecule has 0 aromatic carbocycles. The van der Waals surface area contributed by atoms with Crippen molar-refractivity contribution < 1.29 is 0 Å². The van der Waals surface area contributed by atoms with Crippen LogP contribution in [0.25, 0.3) is 0 Å². The number of nitrogens with zero attached hydrogens (tertiary/aromatic N) is 3. The van der Waals surface area contributed by atoms with Crippen LogP contribution in [0.15, 0.2) is 24.5 Å². The fourth-order valence-corrected chi connectivity index (χ4v) is 2.39. The van der Waals surface area contributed by atoms with Gasteiger partial charge in [0.05, 0.1) is 28.1 Å². The highest BCUT2D eigenvalue weighted by molar-refractivity contribution is 6.30. The van der Waals surface area contributed by atoms with Gasteiger partial charge in [-0.3, -0.25) is 9.67 Å². The minimum Gasteiger partial charge on any atom is -0.374 e. The van der Waals surface area contributed by atoms with E-state index in [2.05, 4.69) is 29.2 Å². The Morgan fingerprint density at radius 2 is 2.15 bits per heavy atom. The number of pyridine rings is 1. The maximum Gasteiger partial charge on any atom is 0.0853 e. The Morgan fingerprint density at radius 3 is 2.75 bits per heavy atom. The van der Waals surface area contributed by atoms with Gasteiger partial charge in [0.2, 0.25) is 0 Å². The average Bonchev–Trinajstić information content (AvgIpc) is 2.79. The second kappa shape index (κ2) is 6.75. The van der Waals surface area contributed by atoms with Gasteiger partial charge in [0.1, 0.15) is 0 Å². The predicted octanol–water partition coefficient (Wildman–Crippen LogP) is 3.98. The molecule has 5 heteroatoms. The first-order valence-corrected chi connectivity index (χ1v) is 7.42. The number of aryl methyl sites for hydroxylation is 2. The molecule has 2 heterocycles. The topological polar surface area (TPSA) is 42.7 Å². The molecule has 20 heavy (non-hydrogen) atoms. The van der Waals surface area contributed by atoms with Crippen LogP contribution in [0.3, 0.4) is 0 Å². The lowest BCUT2D eigenvalue weighted by atomic mass is 10.1. The van der Waals surface area contributed by atoms with Crippen LogP contribution in [0.4, 0.5) is 5.69 Å². The Labute approximate surface area is 125 Å². The number of hydrogen-bond donors (Lipinski definition) is 1. The molecule has 0 bridgehead atoms. The van der Waals surface area contributed by atoms with Crippen LogP contribution in [0, 0.1) is 0 Å². The van der Waals surface area contributed by atoms with E-state index in [9.17, 15) is 0 Å². The van der Waals surface area contributed by atoms with Crippen LogP contribution in [-0.2, 0) is 13.5 Å². The molecule has 0 fully saturated rings. The molecule has 0 aliphatic heterocycles. The molecular weight excluding hydrogens is 272 g/mol. The quantitative estimate of drug-likeness (QED) is 0.875. The Bertz CT molecular complexity index is 548. The first-order valence-electron chi connectivity index (χ1n) is 7.04. The molecule has 2 aromatic rings. The van der Waals surface area contributed by atoms with Crippen LogP contribution in [0.2, 0.25) is 5.02 Å². The summed E-state index contributed by atoms with van der Waals surface area (Å²) in [7, 11) is 1.94. The lowest BCUT2D eigenvalue weighted by Gasteiger charge is -2.18. The van der Waals surface area contributed by atoms with Crippen LogP contribution < -0.4 is 5.32 Å². The van der Waals surface area contributed by atoms with E-state index in [0.717, 1.165) is 36.3 Å². The molecule has 4 nitrogen and oxygen atoms in total. The second-order valence-electron chi connectivity index (χ2n) is 4.90. The van der Waals surface area contributed by atoms with Crippen molar-refractivity contribution in [1.82, 2.24) is 14.8 Å². The third kappa shape index (κ3) is 3.51. The summed E-state index contributed by atoms with van der Waals surface area (Å²) in [5.41, 5.74) is 3.19. The van der Waals surface area contributed by atoms with Gasteiger partial charge in [-0.25, -0.2) is 0 Å². The molecule has 1 N–H and O–H groups in total. The Hall–Kier alpha value is -1.55. The van der Waals surface area contributed by atoms with Gasteiger partial charge in [-0.1, -0.05) is 31.9 Å². The number of anilines is 1. The van der Waals surface area contributed by atoms with E-state index in [1.165, 1.54) is 0 Å². The number of halogens is 1. The number of hydrogen-bond acceptors (Lipinski definition) is 3. The van der Waals surface area contributed by atoms with Gasteiger partial charge in [-0.15, -0.1) is 0 Å². The molecule has 2 rings (SSSR count). The maximum absolute atomic E-state index is 5.91. The van der Waals surface area contributed by atoms with Gasteiger partial charge < -0.3 is 5.32 Å². The van der Waals surface area contributed by atoms with Crippen molar-refractivity contribution in [3.8, 4) is 0 Å². The van der Waals surface area contributed by atoms with Crippen molar-refractivity contribution in [1.29, 1.82) is 0 Å². The number of aromatic nitrogens is 3. The van der Waals surface area contributed by atoms with Crippen LogP contribution >= 0.6 is 11.6 Å². The third-order valence-electron chi connectivity index (χ3n) is 3.25. The Kier molecular flexibility index (Phi) is 5.01. The van der Waals surface area contributed by atoms with Crippen molar-refractivity contribution >= 4 is 17.3 Å². The predicted molar refractivity (Wildman–Crippen MR) is 83.1 cm³/mol. The second-order valence-corrected chi connectivity index (χ2v) is 5.34. The number of rotatable bonds is 6. The SMILES string of the molecule is CCCC(Nc1cn(C)nc1CC)c1ccc(Cl)cn1. The van der Waals surface area contributed by atoms with E-state index in [-0.39, 0.29) is 6.04 Å². The third-order valence-corrected chi connectivity index (χ3v) is 3.48.